The van der Waals surface area contributed by atoms with Gasteiger partial charge in [0.2, 0.25) is 0 Å². The van der Waals surface area contributed by atoms with E-state index in [0.717, 1.165) is 37.1 Å². The molecule has 0 saturated carbocycles. The largest absolute Gasteiger partial charge is 0.364 e. The van der Waals surface area contributed by atoms with Gasteiger partial charge in [-0.3, -0.25) is 4.79 Å². The molecule has 1 spiro atoms. The highest BCUT2D eigenvalue weighted by molar-refractivity contribution is 5.95. The molecule has 3 nitrogen and oxygen atoms in total. The third kappa shape index (κ3) is 3.05. The Labute approximate surface area is 162 Å². The third-order valence-electron chi connectivity index (χ3n) is 6.07. The van der Waals surface area contributed by atoms with E-state index in [1.54, 1.807) is 11.0 Å². The first-order valence-corrected chi connectivity index (χ1v) is 9.52. The first kappa shape index (κ1) is 18.8. The minimum absolute atomic E-state index is 0.155. The van der Waals surface area contributed by atoms with Crippen molar-refractivity contribution in [1.82, 2.24) is 4.90 Å². The Morgan fingerprint density at radius 3 is 2.54 bits per heavy atom. The van der Waals surface area contributed by atoms with Gasteiger partial charge in [0.05, 0.1) is 5.54 Å². The number of rotatable bonds is 2. The van der Waals surface area contributed by atoms with Crippen LogP contribution in [0.15, 0.2) is 42.5 Å². The summed E-state index contributed by atoms with van der Waals surface area (Å²) < 4.78 is 40.7. The second-order valence-electron chi connectivity index (χ2n) is 8.47. The van der Waals surface area contributed by atoms with Crippen molar-refractivity contribution in [3.8, 4) is 0 Å². The van der Waals surface area contributed by atoms with Crippen LogP contribution < -0.4 is 4.90 Å². The van der Waals surface area contributed by atoms with Gasteiger partial charge in [-0.25, -0.2) is 13.2 Å². The molecule has 0 radical (unpaired) electrons. The van der Waals surface area contributed by atoms with E-state index in [2.05, 4.69) is 18.7 Å². The Kier molecular flexibility index (Phi) is 4.40. The normalized spacial score (nSPS) is 23.6. The Bertz CT molecular complexity index is 930. The van der Waals surface area contributed by atoms with Gasteiger partial charge in [-0.15, -0.1) is 0 Å². The first-order chi connectivity index (χ1) is 13.2. The maximum Gasteiger partial charge on any atom is 0.254 e. The lowest BCUT2D eigenvalue weighted by atomic mass is 9.87. The molecule has 0 aromatic heterocycles. The first-order valence-electron chi connectivity index (χ1n) is 9.52. The predicted octanol–water partition coefficient (Wildman–Crippen LogP) is 4.77. The van der Waals surface area contributed by atoms with E-state index < -0.39 is 17.2 Å². The van der Waals surface area contributed by atoms with Crippen LogP contribution in [0.4, 0.5) is 18.9 Å². The number of halogens is 3. The SMILES string of the molecule is CC1(C)CC2(CCCN2C(=O)c2ccc(F)c(F)c2)CN1c1cccc(F)c1. The van der Waals surface area contributed by atoms with Crippen molar-refractivity contribution in [1.29, 1.82) is 0 Å². The number of hydrogen-bond acceptors (Lipinski definition) is 2. The fourth-order valence-electron chi connectivity index (χ4n) is 4.94. The second kappa shape index (κ2) is 6.54. The standard InChI is InChI=1S/C22H23F3N2O/c1-21(2)13-22(14-27(21)17-6-3-5-16(23)12-17)9-4-10-26(22)20(28)15-7-8-18(24)19(25)11-15/h3,5-8,11-12H,4,9-10,13-14H2,1-2H3. The molecule has 2 heterocycles. The summed E-state index contributed by atoms with van der Waals surface area (Å²) in [5.74, 6) is -2.57. The highest BCUT2D eigenvalue weighted by atomic mass is 19.2. The molecule has 6 heteroatoms. The third-order valence-corrected chi connectivity index (χ3v) is 6.07. The Morgan fingerprint density at radius 2 is 1.82 bits per heavy atom. The molecule has 148 valence electrons. The summed E-state index contributed by atoms with van der Waals surface area (Å²) in [5, 5.41) is 0. The number of amides is 1. The number of carbonyl (C=O) groups is 1. The zero-order chi connectivity index (χ0) is 20.1. The summed E-state index contributed by atoms with van der Waals surface area (Å²) in [6.45, 7) is 5.33. The quantitative estimate of drug-likeness (QED) is 0.740. The summed E-state index contributed by atoms with van der Waals surface area (Å²) in [4.78, 5) is 17.1. The maximum atomic E-state index is 13.8. The van der Waals surface area contributed by atoms with Gasteiger partial charge in [-0.1, -0.05) is 6.07 Å². The molecule has 2 fully saturated rings. The van der Waals surface area contributed by atoms with Crippen LogP contribution in [0.3, 0.4) is 0 Å². The van der Waals surface area contributed by atoms with Gasteiger partial charge in [0, 0.05) is 29.9 Å². The van der Waals surface area contributed by atoms with E-state index in [1.807, 2.05) is 6.07 Å². The smallest absolute Gasteiger partial charge is 0.254 e. The average Bonchev–Trinajstić information content (AvgIpc) is 3.16. The van der Waals surface area contributed by atoms with Crippen molar-refractivity contribution in [2.75, 3.05) is 18.0 Å². The molecule has 4 rings (SSSR count). The van der Waals surface area contributed by atoms with Gasteiger partial charge >= 0.3 is 0 Å². The number of anilines is 1. The number of carbonyl (C=O) groups excluding carboxylic acids is 1. The lowest BCUT2D eigenvalue weighted by molar-refractivity contribution is 0.0616. The van der Waals surface area contributed by atoms with Crippen molar-refractivity contribution in [3.05, 3.63) is 65.5 Å². The fourth-order valence-corrected chi connectivity index (χ4v) is 4.94. The summed E-state index contributed by atoms with van der Waals surface area (Å²) in [6.07, 6.45) is 2.41. The molecule has 1 atom stereocenters. The van der Waals surface area contributed by atoms with Crippen LogP contribution in [0.2, 0.25) is 0 Å². The summed E-state index contributed by atoms with van der Waals surface area (Å²) in [6, 6.07) is 9.77. The molecule has 1 amide bonds. The summed E-state index contributed by atoms with van der Waals surface area (Å²) in [5.41, 5.74) is 0.263. The van der Waals surface area contributed by atoms with Crippen molar-refractivity contribution >= 4 is 11.6 Å². The fraction of sp³-hybridized carbons (Fsp3) is 0.409. The number of benzene rings is 2. The monoisotopic (exact) mass is 388 g/mol. The van der Waals surface area contributed by atoms with Gasteiger partial charge < -0.3 is 9.80 Å². The van der Waals surface area contributed by atoms with Gasteiger partial charge in [0.15, 0.2) is 11.6 Å². The summed E-state index contributed by atoms with van der Waals surface area (Å²) >= 11 is 0. The highest BCUT2D eigenvalue weighted by Gasteiger charge is 2.55. The number of hydrogen-bond donors (Lipinski definition) is 0. The Hall–Kier alpha value is -2.50. The molecule has 0 aliphatic carbocycles. The maximum absolute atomic E-state index is 13.8. The topological polar surface area (TPSA) is 23.6 Å². The molecule has 2 aromatic carbocycles. The molecule has 2 saturated heterocycles. The van der Waals surface area contributed by atoms with Gasteiger partial charge in [-0.05, 0) is 69.5 Å². The molecule has 2 aliphatic heterocycles. The van der Waals surface area contributed by atoms with Gasteiger partial charge in [0.1, 0.15) is 5.82 Å². The molecule has 0 N–H and O–H groups in total. The average molecular weight is 388 g/mol. The molecule has 1 unspecified atom stereocenters. The van der Waals surface area contributed by atoms with Crippen molar-refractivity contribution in [2.45, 2.75) is 44.2 Å². The van der Waals surface area contributed by atoms with E-state index in [0.29, 0.717) is 13.1 Å². The lowest BCUT2D eigenvalue weighted by Gasteiger charge is -2.35. The molecular weight excluding hydrogens is 365 g/mol. The van der Waals surface area contributed by atoms with Crippen LogP contribution in [0, 0.1) is 17.5 Å². The molecule has 28 heavy (non-hydrogen) atoms. The van der Waals surface area contributed by atoms with Gasteiger partial charge in [0.25, 0.3) is 5.91 Å². The minimum Gasteiger partial charge on any atom is -0.364 e. The van der Waals surface area contributed by atoms with Crippen molar-refractivity contribution in [3.63, 3.8) is 0 Å². The summed E-state index contributed by atoms with van der Waals surface area (Å²) in [7, 11) is 0. The minimum atomic E-state index is -1.02. The second-order valence-corrected chi connectivity index (χ2v) is 8.47. The van der Waals surface area contributed by atoms with Crippen LogP contribution in [-0.2, 0) is 0 Å². The Morgan fingerprint density at radius 1 is 1.04 bits per heavy atom. The zero-order valence-electron chi connectivity index (χ0n) is 16.0. The van der Waals surface area contributed by atoms with E-state index in [9.17, 15) is 18.0 Å². The number of nitrogens with zero attached hydrogens (tertiary/aromatic N) is 2. The predicted molar refractivity (Wildman–Crippen MR) is 102 cm³/mol. The molecule has 2 aromatic rings. The van der Waals surface area contributed by atoms with Crippen molar-refractivity contribution < 1.29 is 18.0 Å². The van der Waals surface area contributed by atoms with Crippen LogP contribution in [0.25, 0.3) is 0 Å². The Balaban J connectivity index is 1.66. The van der Waals surface area contributed by atoms with Crippen LogP contribution in [-0.4, -0.2) is 35.0 Å². The van der Waals surface area contributed by atoms with E-state index in [1.165, 1.54) is 18.2 Å². The van der Waals surface area contributed by atoms with E-state index in [4.69, 9.17) is 0 Å². The lowest BCUT2D eigenvalue weighted by Crippen LogP contribution is -2.49. The number of likely N-dealkylation sites (tertiary alicyclic amines) is 1. The van der Waals surface area contributed by atoms with Gasteiger partial charge in [-0.2, -0.15) is 0 Å². The molecular formula is C22H23F3N2O. The van der Waals surface area contributed by atoms with Crippen LogP contribution in [0.5, 0.6) is 0 Å². The highest BCUT2D eigenvalue weighted by Crippen LogP contribution is 2.47. The molecule has 0 bridgehead atoms. The van der Waals surface area contributed by atoms with E-state index in [-0.39, 0.29) is 22.8 Å². The van der Waals surface area contributed by atoms with Crippen molar-refractivity contribution in [2.24, 2.45) is 0 Å². The van der Waals surface area contributed by atoms with Crippen LogP contribution in [0.1, 0.15) is 43.5 Å². The van der Waals surface area contributed by atoms with E-state index >= 15 is 0 Å². The van der Waals surface area contributed by atoms with Crippen LogP contribution >= 0.6 is 0 Å². The zero-order valence-corrected chi connectivity index (χ0v) is 16.0. The molecule has 2 aliphatic rings.